The van der Waals surface area contributed by atoms with Crippen LogP contribution in [0.15, 0.2) is 34.8 Å². The van der Waals surface area contributed by atoms with E-state index < -0.39 is 0 Å². The topological polar surface area (TPSA) is 0 Å². The molecular weight excluding hydrogens is 240 g/mol. The molecule has 63 valence electrons. The molecule has 0 spiro atoms. The van der Waals surface area contributed by atoms with Gasteiger partial charge in [-0.3, -0.25) is 0 Å². The smallest absolute Gasteiger partial charge is 0.0616 e. The highest BCUT2D eigenvalue weighted by Crippen LogP contribution is 2.21. The summed E-state index contributed by atoms with van der Waals surface area (Å²) in [6.45, 7) is 2.10. The molecule has 0 aliphatic heterocycles. The van der Waals surface area contributed by atoms with Crippen molar-refractivity contribution in [3.63, 3.8) is 0 Å². The van der Waals surface area contributed by atoms with Crippen LogP contribution in [0.25, 0.3) is 10.8 Å². The summed E-state index contributed by atoms with van der Waals surface area (Å²) < 4.78 is 1.15. The third-order valence-corrected chi connectivity index (χ3v) is 3.71. The van der Waals surface area contributed by atoms with Crippen LogP contribution < -0.4 is 5.19 Å². The van der Waals surface area contributed by atoms with Crippen molar-refractivity contribution in [2.45, 2.75) is 6.92 Å². The van der Waals surface area contributed by atoms with E-state index in [1.54, 1.807) is 0 Å². The molecule has 0 aliphatic carbocycles. The van der Waals surface area contributed by atoms with Crippen molar-refractivity contribution in [2.75, 3.05) is 0 Å². The van der Waals surface area contributed by atoms with E-state index in [4.69, 9.17) is 0 Å². The fourth-order valence-electron chi connectivity index (χ4n) is 1.42. The van der Waals surface area contributed by atoms with Crippen LogP contribution in [0.5, 0.6) is 0 Å². The molecule has 13 heavy (non-hydrogen) atoms. The van der Waals surface area contributed by atoms with Gasteiger partial charge in [-0.15, -0.1) is 0 Å². The van der Waals surface area contributed by atoms with Crippen LogP contribution in [-0.2, 0) is 0 Å². The first-order valence-electron chi connectivity index (χ1n) is 4.09. The molecule has 0 aromatic heterocycles. The lowest BCUT2D eigenvalue weighted by Gasteiger charge is -2.07. The molecular formula is C11H8BrSi. The lowest BCUT2D eigenvalue weighted by Crippen LogP contribution is -2.09. The van der Waals surface area contributed by atoms with Crippen LogP contribution in [0, 0.1) is 6.92 Å². The Morgan fingerprint density at radius 1 is 1.23 bits per heavy atom. The summed E-state index contributed by atoms with van der Waals surface area (Å²) in [6, 6.07) is 10.5. The number of rotatable bonds is 0. The summed E-state index contributed by atoms with van der Waals surface area (Å²) in [5.41, 5.74) is 1.25. The predicted octanol–water partition coefficient (Wildman–Crippen LogP) is 2.70. The minimum Gasteiger partial charge on any atom is -0.0616 e. The Kier molecular flexibility index (Phi) is 2.26. The highest BCUT2D eigenvalue weighted by atomic mass is 79.9. The standard InChI is InChI=1S/C11H8BrSi/c1-7-10(12)6-8-4-2-3-5-9(8)11(7)13/h2-6H,1H3. The molecule has 0 N–H and O–H groups in total. The summed E-state index contributed by atoms with van der Waals surface area (Å²) in [6.07, 6.45) is 0. The first kappa shape index (κ1) is 8.97. The summed E-state index contributed by atoms with van der Waals surface area (Å²) in [4.78, 5) is 0. The highest BCUT2D eigenvalue weighted by Gasteiger charge is 2.03. The number of fused-ring (bicyclic) bond motifs is 1. The van der Waals surface area contributed by atoms with E-state index >= 15 is 0 Å². The zero-order valence-corrected chi connectivity index (χ0v) is 9.85. The number of benzene rings is 2. The van der Waals surface area contributed by atoms with E-state index in [0.717, 1.165) is 4.47 Å². The second kappa shape index (κ2) is 3.27. The maximum Gasteiger partial charge on any atom is 0.0724 e. The van der Waals surface area contributed by atoms with Crippen LogP contribution in [-0.4, -0.2) is 10.2 Å². The van der Waals surface area contributed by atoms with Gasteiger partial charge in [-0.2, -0.15) is 0 Å². The first-order chi connectivity index (χ1) is 6.20. The Morgan fingerprint density at radius 3 is 2.69 bits per heavy atom. The Hall–Kier alpha value is -0.603. The van der Waals surface area contributed by atoms with Gasteiger partial charge in [-0.05, 0) is 29.3 Å². The third kappa shape index (κ3) is 1.44. The molecule has 2 aromatic rings. The second-order valence-electron chi connectivity index (χ2n) is 3.08. The van der Waals surface area contributed by atoms with Crippen molar-refractivity contribution in [1.82, 2.24) is 0 Å². The number of halogens is 1. The Labute approximate surface area is 89.5 Å². The van der Waals surface area contributed by atoms with Gasteiger partial charge >= 0.3 is 0 Å². The van der Waals surface area contributed by atoms with Gasteiger partial charge in [0.15, 0.2) is 0 Å². The molecule has 0 atom stereocenters. The molecule has 0 fully saturated rings. The largest absolute Gasteiger partial charge is 0.0724 e. The van der Waals surface area contributed by atoms with Crippen LogP contribution in [0.4, 0.5) is 0 Å². The monoisotopic (exact) mass is 247 g/mol. The predicted molar refractivity (Wildman–Crippen MR) is 61.8 cm³/mol. The minimum atomic E-state index is 1.15. The van der Waals surface area contributed by atoms with E-state index in [-0.39, 0.29) is 0 Å². The van der Waals surface area contributed by atoms with Crippen LogP contribution in [0.2, 0.25) is 0 Å². The van der Waals surface area contributed by atoms with Crippen LogP contribution >= 0.6 is 15.9 Å². The van der Waals surface area contributed by atoms with Gasteiger partial charge in [0.2, 0.25) is 0 Å². The summed E-state index contributed by atoms with van der Waals surface area (Å²) in [5.74, 6) is 0. The van der Waals surface area contributed by atoms with Crippen molar-refractivity contribution < 1.29 is 0 Å². The maximum absolute atomic E-state index is 3.65. The van der Waals surface area contributed by atoms with Gasteiger partial charge in [0.05, 0.1) is 10.2 Å². The molecule has 0 saturated heterocycles. The van der Waals surface area contributed by atoms with E-state index in [9.17, 15) is 0 Å². The van der Waals surface area contributed by atoms with Crippen molar-refractivity contribution in [1.29, 1.82) is 0 Å². The molecule has 0 saturated carbocycles. The Morgan fingerprint density at radius 2 is 1.92 bits per heavy atom. The lowest BCUT2D eigenvalue weighted by atomic mass is 10.1. The first-order valence-corrected chi connectivity index (χ1v) is 5.39. The van der Waals surface area contributed by atoms with E-state index in [1.807, 2.05) is 0 Å². The number of hydrogen-bond donors (Lipinski definition) is 0. The Bertz CT molecular complexity index is 463. The average molecular weight is 248 g/mol. The zero-order valence-electron chi connectivity index (χ0n) is 7.26. The van der Waals surface area contributed by atoms with Crippen LogP contribution in [0.1, 0.15) is 5.56 Å². The third-order valence-electron chi connectivity index (χ3n) is 2.25. The molecule has 0 unspecified atom stereocenters. The van der Waals surface area contributed by atoms with Crippen molar-refractivity contribution >= 4 is 42.1 Å². The lowest BCUT2D eigenvalue weighted by molar-refractivity contribution is 1.50. The van der Waals surface area contributed by atoms with Gasteiger partial charge in [0.1, 0.15) is 0 Å². The van der Waals surface area contributed by atoms with Crippen LogP contribution in [0.3, 0.4) is 0 Å². The van der Waals surface area contributed by atoms with Gasteiger partial charge < -0.3 is 0 Å². The molecule has 2 aromatic carbocycles. The van der Waals surface area contributed by atoms with E-state index in [2.05, 4.69) is 63.4 Å². The molecule has 3 radical (unpaired) electrons. The summed E-state index contributed by atoms with van der Waals surface area (Å²) in [7, 11) is 3.65. The molecule has 0 aliphatic rings. The molecule has 0 heterocycles. The minimum absolute atomic E-state index is 1.15. The van der Waals surface area contributed by atoms with Gasteiger partial charge in [0, 0.05) is 4.47 Å². The van der Waals surface area contributed by atoms with Gasteiger partial charge in [-0.1, -0.05) is 45.4 Å². The molecule has 0 nitrogen and oxygen atoms in total. The molecule has 2 heteroatoms. The van der Waals surface area contributed by atoms with Gasteiger partial charge in [0.25, 0.3) is 0 Å². The summed E-state index contributed by atoms with van der Waals surface area (Å²) in [5, 5.41) is 3.69. The van der Waals surface area contributed by atoms with Crippen molar-refractivity contribution in [3.05, 3.63) is 40.4 Å². The normalized spacial score (nSPS) is 10.7. The molecule has 2 rings (SSSR count). The fraction of sp³-hybridized carbons (Fsp3) is 0.0909. The SMILES string of the molecule is Cc1c(Br)cc2ccccc2c1[Si]. The van der Waals surface area contributed by atoms with Gasteiger partial charge in [-0.25, -0.2) is 0 Å². The van der Waals surface area contributed by atoms with E-state index in [1.165, 1.54) is 21.5 Å². The average Bonchev–Trinajstić information content (AvgIpc) is 2.15. The Balaban J connectivity index is 2.94. The molecule has 0 bridgehead atoms. The quantitative estimate of drug-likeness (QED) is 0.629. The zero-order chi connectivity index (χ0) is 9.42. The fourth-order valence-corrected chi connectivity index (χ4v) is 2.41. The van der Waals surface area contributed by atoms with Crippen molar-refractivity contribution in [3.8, 4) is 0 Å². The van der Waals surface area contributed by atoms with Crippen molar-refractivity contribution in [2.24, 2.45) is 0 Å². The summed E-state index contributed by atoms with van der Waals surface area (Å²) >= 11 is 3.54. The maximum atomic E-state index is 3.65. The second-order valence-corrected chi connectivity index (χ2v) is 4.43. The number of hydrogen-bond acceptors (Lipinski definition) is 0. The highest BCUT2D eigenvalue weighted by molar-refractivity contribution is 9.10. The molecule has 0 amide bonds. The van der Waals surface area contributed by atoms with E-state index in [0.29, 0.717) is 0 Å².